The summed E-state index contributed by atoms with van der Waals surface area (Å²) in [5, 5.41) is 11.0. The zero-order valence-corrected chi connectivity index (χ0v) is 24.2. The molecule has 4 aliphatic rings. The van der Waals surface area contributed by atoms with Gasteiger partial charge >= 0.3 is 0 Å². The average Bonchev–Trinajstić information content (AvgIpc) is 3.17. The standard InChI is InChI=1S/C33H53NO3/c1-23(2)34(4)31(37)14-12-10-8-6-5-7-9-11-13-25-22-33(3)29(19-20-30(33)36)28-17-15-24-21-26(35)16-18-27(24)32(25)28/h21,23,25,28-30,36H,5-20,22H2,1-4H3/t25-,28-,29-,30-,33-/m0/s1. The number of allylic oxidation sites excluding steroid dienone is 4. The second-order valence-electron chi connectivity index (χ2n) is 13.3. The molecule has 0 aromatic heterocycles. The number of aliphatic hydroxyl groups is 1. The van der Waals surface area contributed by atoms with Gasteiger partial charge in [0.15, 0.2) is 5.78 Å². The summed E-state index contributed by atoms with van der Waals surface area (Å²) in [6.45, 7) is 6.52. The molecule has 0 saturated heterocycles. The van der Waals surface area contributed by atoms with Crippen LogP contribution in [0.15, 0.2) is 22.8 Å². The van der Waals surface area contributed by atoms with Crippen LogP contribution in [0.3, 0.4) is 0 Å². The van der Waals surface area contributed by atoms with E-state index in [0.29, 0.717) is 42.4 Å². The third-order valence-corrected chi connectivity index (χ3v) is 10.6. The van der Waals surface area contributed by atoms with Gasteiger partial charge in [0.1, 0.15) is 0 Å². The number of aliphatic hydroxyl groups excluding tert-OH is 1. The molecule has 0 bridgehead atoms. The van der Waals surface area contributed by atoms with Crippen molar-refractivity contribution in [3.8, 4) is 0 Å². The number of carbonyl (C=O) groups is 2. The zero-order valence-electron chi connectivity index (χ0n) is 24.2. The fourth-order valence-corrected chi connectivity index (χ4v) is 8.26. The Hall–Kier alpha value is -1.42. The summed E-state index contributed by atoms with van der Waals surface area (Å²) in [4.78, 5) is 26.1. The molecular formula is C33H53NO3. The summed E-state index contributed by atoms with van der Waals surface area (Å²) in [6, 6.07) is 0.292. The maximum atomic E-state index is 12.1. The van der Waals surface area contributed by atoms with Crippen molar-refractivity contribution in [2.24, 2.45) is 23.2 Å². The van der Waals surface area contributed by atoms with E-state index < -0.39 is 0 Å². The first-order chi connectivity index (χ1) is 17.7. The van der Waals surface area contributed by atoms with Crippen molar-refractivity contribution in [1.82, 2.24) is 4.90 Å². The Bertz CT molecular complexity index is 886. The summed E-state index contributed by atoms with van der Waals surface area (Å²) >= 11 is 0. The fraction of sp³-hybridized carbons (Fsp3) is 0.818. The lowest BCUT2D eigenvalue weighted by Crippen LogP contribution is -2.45. The minimum Gasteiger partial charge on any atom is -0.393 e. The number of fused-ring (bicyclic) bond motifs is 4. The van der Waals surface area contributed by atoms with Crippen molar-refractivity contribution in [2.45, 2.75) is 142 Å². The molecule has 208 valence electrons. The molecular weight excluding hydrogens is 458 g/mol. The van der Waals surface area contributed by atoms with Crippen LogP contribution in [-0.2, 0) is 9.59 Å². The Morgan fingerprint density at radius 2 is 1.68 bits per heavy atom. The lowest BCUT2D eigenvalue weighted by Gasteiger charge is -2.52. The molecule has 1 N–H and O–H groups in total. The van der Waals surface area contributed by atoms with Crippen LogP contribution in [0.1, 0.15) is 130 Å². The van der Waals surface area contributed by atoms with Crippen molar-refractivity contribution in [2.75, 3.05) is 7.05 Å². The number of hydrogen-bond acceptors (Lipinski definition) is 3. The van der Waals surface area contributed by atoms with Gasteiger partial charge in [-0.3, -0.25) is 9.59 Å². The highest BCUT2D eigenvalue weighted by Gasteiger charge is 2.55. The van der Waals surface area contributed by atoms with E-state index in [4.69, 9.17) is 0 Å². The molecule has 0 aliphatic heterocycles. The maximum absolute atomic E-state index is 12.1. The number of hydrogen-bond donors (Lipinski definition) is 1. The SMILES string of the molecule is CC(C)N(C)C(=O)CCCCCCCCCC[C@H]1C[C@]2(C)[C@@H](O)CC[C@H]2[C@@H]2CCC3=CC(=O)CCC3=C12. The molecule has 0 heterocycles. The Morgan fingerprint density at radius 1 is 1.00 bits per heavy atom. The quantitative estimate of drug-likeness (QED) is 0.275. The van der Waals surface area contributed by atoms with Gasteiger partial charge in [-0.05, 0) is 106 Å². The normalized spacial score (nSPS) is 31.2. The van der Waals surface area contributed by atoms with Gasteiger partial charge in [0, 0.05) is 25.9 Å². The molecule has 1 amide bonds. The lowest BCUT2D eigenvalue weighted by molar-refractivity contribution is -0.131. The number of unbranched alkanes of at least 4 members (excludes halogenated alkanes) is 7. The minimum atomic E-state index is -0.141. The van der Waals surface area contributed by atoms with E-state index in [-0.39, 0.29) is 17.4 Å². The Kier molecular flexibility index (Phi) is 9.75. The van der Waals surface area contributed by atoms with Gasteiger partial charge in [0.2, 0.25) is 5.91 Å². The van der Waals surface area contributed by atoms with Gasteiger partial charge in [-0.2, -0.15) is 0 Å². The molecule has 4 rings (SSSR count). The molecule has 4 heteroatoms. The highest BCUT2D eigenvalue weighted by atomic mass is 16.3. The summed E-state index contributed by atoms with van der Waals surface area (Å²) in [5.41, 5.74) is 4.71. The number of carbonyl (C=O) groups excluding carboxylic acids is 2. The largest absolute Gasteiger partial charge is 0.393 e. The van der Waals surface area contributed by atoms with Crippen LogP contribution in [0.5, 0.6) is 0 Å². The highest BCUT2D eigenvalue weighted by Crippen LogP contribution is 2.62. The number of ketones is 1. The lowest BCUT2D eigenvalue weighted by atomic mass is 9.53. The van der Waals surface area contributed by atoms with Crippen LogP contribution in [0, 0.1) is 23.2 Å². The molecule has 2 saturated carbocycles. The monoisotopic (exact) mass is 511 g/mol. The number of nitrogens with zero attached hydrogens (tertiary/aromatic N) is 1. The predicted octanol–water partition coefficient (Wildman–Crippen LogP) is 7.55. The molecule has 0 unspecified atom stereocenters. The van der Waals surface area contributed by atoms with E-state index in [1.807, 2.05) is 18.0 Å². The third kappa shape index (κ3) is 6.43. The topological polar surface area (TPSA) is 57.6 Å². The van der Waals surface area contributed by atoms with Crippen LogP contribution < -0.4 is 0 Å². The van der Waals surface area contributed by atoms with Crippen molar-refractivity contribution in [1.29, 1.82) is 0 Å². The Labute approximate surface area is 226 Å². The Balaban J connectivity index is 1.23. The van der Waals surface area contributed by atoms with E-state index in [9.17, 15) is 14.7 Å². The second kappa shape index (κ2) is 12.6. The zero-order chi connectivity index (χ0) is 26.6. The summed E-state index contributed by atoms with van der Waals surface area (Å²) < 4.78 is 0. The molecule has 37 heavy (non-hydrogen) atoms. The second-order valence-corrected chi connectivity index (χ2v) is 13.3. The van der Waals surface area contributed by atoms with Gasteiger partial charge in [-0.25, -0.2) is 0 Å². The molecule has 0 spiro atoms. The van der Waals surface area contributed by atoms with E-state index in [2.05, 4.69) is 20.8 Å². The molecule has 0 aromatic carbocycles. The average molecular weight is 512 g/mol. The van der Waals surface area contributed by atoms with Crippen molar-refractivity contribution >= 4 is 11.7 Å². The van der Waals surface area contributed by atoms with Gasteiger partial charge in [-0.1, -0.05) is 57.4 Å². The van der Waals surface area contributed by atoms with Gasteiger partial charge in [0.05, 0.1) is 6.10 Å². The molecule has 5 atom stereocenters. The first-order valence-corrected chi connectivity index (χ1v) is 15.6. The van der Waals surface area contributed by atoms with Crippen LogP contribution in [-0.4, -0.2) is 40.9 Å². The summed E-state index contributed by atoms with van der Waals surface area (Å²) in [6.07, 6.45) is 20.8. The molecule has 0 aromatic rings. The van der Waals surface area contributed by atoms with Crippen molar-refractivity contribution in [3.05, 3.63) is 22.8 Å². The van der Waals surface area contributed by atoms with Gasteiger partial charge < -0.3 is 10.0 Å². The van der Waals surface area contributed by atoms with E-state index in [1.165, 1.54) is 69.8 Å². The fourth-order valence-electron chi connectivity index (χ4n) is 8.26. The first-order valence-electron chi connectivity index (χ1n) is 15.6. The van der Waals surface area contributed by atoms with Crippen molar-refractivity contribution in [3.63, 3.8) is 0 Å². The molecule has 4 aliphatic carbocycles. The van der Waals surface area contributed by atoms with Gasteiger partial charge in [0.25, 0.3) is 0 Å². The van der Waals surface area contributed by atoms with Crippen LogP contribution in [0.25, 0.3) is 0 Å². The van der Waals surface area contributed by atoms with Gasteiger partial charge in [-0.15, -0.1) is 0 Å². The van der Waals surface area contributed by atoms with E-state index >= 15 is 0 Å². The third-order valence-electron chi connectivity index (χ3n) is 10.6. The highest BCUT2D eigenvalue weighted by molar-refractivity contribution is 5.93. The minimum absolute atomic E-state index is 0.0798. The maximum Gasteiger partial charge on any atom is 0.222 e. The first kappa shape index (κ1) is 28.6. The van der Waals surface area contributed by atoms with Crippen LogP contribution >= 0.6 is 0 Å². The summed E-state index contributed by atoms with van der Waals surface area (Å²) in [5.74, 6) is 2.45. The Morgan fingerprint density at radius 3 is 2.38 bits per heavy atom. The van der Waals surface area contributed by atoms with Crippen LogP contribution in [0.4, 0.5) is 0 Å². The number of rotatable bonds is 12. The predicted molar refractivity (Wildman–Crippen MR) is 151 cm³/mol. The smallest absolute Gasteiger partial charge is 0.222 e. The van der Waals surface area contributed by atoms with Crippen molar-refractivity contribution < 1.29 is 14.7 Å². The summed E-state index contributed by atoms with van der Waals surface area (Å²) in [7, 11) is 1.91. The number of amides is 1. The molecule has 0 radical (unpaired) electrons. The molecule has 4 nitrogen and oxygen atoms in total. The van der Waals surface area contributed by atoms with E-state index in [1.54, 1.807) is 11.1 Å². The molecule has 2 fully saturated rings. The van der Waals surface area contributed by atoms with Crippen LogP contribution in [0.2, 0.25) is 0 Å². The van der Waals surface area contributed by atoms with E-state index in [0.717, 1.165) is 32.1 Å².